The average Bonchev–Trinajstić information content (AvgIpc) is 3.04. The van der Waals surface area contributed by atoms with Gasteiger partial charge in [-0.3, -0.25) is 9.78 Å². The number of likely N-dealkylation sites (N-methyl/N-ethyl adjacent to an activating group) is 1. The molecule has 24 heavy (non-hydrogen) atoms. The number of pyridine rings is 1. The molecule has 1 aliphatic carbocycles. The van der Waals surface area contributed by atoms with Crippen molar-refractivity contribution in [1.82, 2.24) is 20.2 Å². The lowest BCUT2D eigenvalue weighted by Gasteiger charge is -2.36. The van der Waals surface area contributed by atoms with E-state index in [1.807, 2.05) is 23.6 Å². The lowest BCUT2D eigenvalue weighted by Crippen LogP contribution is -2.51. The number of thiazole rings is 1. The maximum absolute atomic E-state index is 12.4. The smallest absolute Gasteiger partial charge is 0.226 e. The van der Waals surface area contributed by atoms with Crippen LogP contribution < -0.4 is 5.32 Å². The molecular formula is C18H24N4OS. The molecule has 1 N–H and O–H groups in total. The van der Waals surface area contributed by atoms with E-state index in [9.17, 15) is 4.79 Å². The first-order valence-corrected chi connectivity index (χ1v) is 9.33. The first-order chi connectivity index (χ1) is 11.6. The molecule has 2 aromatic heterocycles. The van der Waals surface area contributed by atoms with Gasteiger partial charge in [-0.2, -0.15) is 0 Å². The van der Waals surface area contributed by atoms with Gasteiger partial charge in [-0.25, -0.2) is 4.98 Å². The van der Waals surface area contributed by atoms with Gasteiger partial charge in [-0.05, 0) is 39.1 Å². The molecule has 0 bridgehead atoms. The maximum atomic E-state index is 12.4. The fraction of sp³-hybridized carbons (Fsp3) is 0.500. The number of hydrogen-bond donors (Lipinski definition) is 1. The second-order valence-corrected chi connectivity index (χ2v) is 7.38. The van der Waals surface area contributed by atoms with E-state index in [-0.39, 0.29) is 11.9 Å². The van der Waals surface area contributed by atoms with Gasteiger partial charge in [-0.15, -0.1) is 11.3 Å². The summed E-state index contributed by atoms with van der Waals surface area (Å²) in [6.07, 6.45) is 6.74. The summed E-state index contributed by atoms with van der Waals surface area (Å²) < 4.78 is 0. The Labute approximate surface area is 147 Å². The van der Waals surface area contributed by atoms with E-state index >= 15 is 0 Å². The maximum Gasteiger partial charge on any atom is 0.226 e. The van der Waals surface area contributed by atoms with Crippen LogP contribution in [-0.2, 0) is 11.2 Å². The van der Waals surface area contributed by atoms with Crippen molar-refractivity contribution in [2.24, 2.45) is 0 Å². The van der Waals surface area contributed by atoms with Crippen molar-refractivity contribution in [3.8, 4) is 10.7 Å². The van der Waals surface area contributed by atoms with E-state index in [2.05, 4.69) is 34.3 Å². The highest BCUT2D eigenvalue weighted by molar-refractivity contribution is 7.13. The molecule has 5 nitrogen and oxygen atoms in total. The second-order valence-electron chi connectivity index (χ2n) is 6.53. The largest absolute Gasteiger partial charge is 0.351 e. The topological polar surface area (TPSA) is 58.1 Å². The van der Waals surface area contributed by atoms with E-state index in [4.69, 9.17) is 0 Å². The quantitative estimate of drug-likeness (QED) is 0.906. The first kappa shape index (κ1) is 17.0. The van der Waals surface area contributed by atoms with Crippen LogP contribution in [0.5, 0.6) is 0 Å². The second kappa shape index (κ2) is 7.85. The summed E-state index contributed by atoms with van der Waals surface area (Å²) in [6.45, 7) is 0. The zero-order chi connectivity index (χ0) is 16.9. The third-order valence-corrected chi connectivity index (χ3v) is 5.43. The monoisotopic (exact) mass is 344 g/mol. The Balaban J connectivity index is 1.60. The van der Waals surface area contributed by atoms with Crippen LogP contribution >= 0.6 is 11.3 Å². The number of hydrogen-bond acceptors (Lipinski definition) is 5. The minimum Gasteiger partial charge on any atom is -0.351 e. The number of amides is 1. The van der Waals surface area contributed by atoms with Gasteiger partial charge >= 0.3 is 0 Å². The molecule has 2 aromatic rings. The Bertz CT molecular complexity index is 671. The van der Waals surface area contributed by atoms with E-state index in [1.54, 1.807) is 6.20 Å². The zero-order valence-corrected chi connectivity index (χ0v) is 15.1. The van der Waals surface area contributed by atoms with Gasteiger partial charge in [-0.1, -0.05) is 18.9 Å². The molecule has 0 spiro atoms. The molecule has 128 valence electrons. The third-order valence-electron chi connectivity index (χ3n) is 4.52. The van der Waals surface area contributed by atoms with Gasteiger partial charge in [0, 0.05) is 23.7 Å². The number of rotatable bonds is 5. The summed E-state index contributed by atoms with van der Waals surface area (Å²) in [5.41, 5.74) is 1.67. The minimum absolute atomic E-state index is 0.0617. The van der Waals surface area contributed by atoms with Crippen LogP contribution in [0.2, 0.25) is 0 Å². The summed E-state index contributed by atoms with van der Waals surface area (Å²) >= 11 is 1.53. The Morgan fingerprint density at radius 1 is 1.33 bits per heavy atom. The molecule has 3 rings (SSSR count). The lowest BCUT2D eigenvalue weighted by molar-refractivity contribution is -0.121. The molecular weight excluding hydrogens is 320 g/mol. The highest BCUT2D eigenvalue weighted by atomic mass is 32.1. The first-order valence-electron chi connectivity index (χ1n) is 8.45. The van der Waals surface area contributed by atoms with Crippen LogP contribution in [0.15, 0.2) is 29.8 Å². The highest BCUT2D eigenvalue weighted by Gasteiger charge is 2.28. The average molecular weight is 344 g/mol. The Kier molecular flexibility index (Phi) is 5.58. The molecule has 2 heterocycles. The zero-order valence-electron chi connectivity index (χ0n) is 14.2. The Morgan fingerprint density at radius 2 is 2.17 bits per heavy atom. The molecule has 1 saturated carbocycles. The Morgan fingerprint density at radius 3 is 2.92 bits per heavy atom. The molecule has 2 atom stereocenters. The molecule has 0 aliphatic heterocycles. The molecule has 1 amide bonds. The third kappa shape index (κ3) is 4.19. The molecule has 0 saturated heterocycles. The van der Waals surface area contributed by atoms with Gasteiger partial charge in [0.25, 0.3) is 0 Å². The molecule has 0 radical (unpaired) electrons. The van der Waals surface area contributed by atoms with Crippen LogP contribution in [0.4, 0.5) is 0 Å². The number of aromatic nitrogens is 2. The fourth-order valence-electron chi connectivity index (χ4n) is 3.32. The van der Waals surface area contributed by atoms with Crippen LogP contribution in [-0.4, -0.2) is 47.0 Å². The number of carbonyl (C=O) groups excluding carboxylic acids is 1. The Hall–Kier alpha value is -1.79. The van der Waals surface area contributed by atoms with Gasteiger partial charge in [0.15, 0.2) is 0 Å². The summed E-state index contributed by atoms with van der Waals surface area (Å²) in [4.78, 5) is 23.5. The van der Waals surface area contributed by atoms with Crippen molar-refractivity contribution in [1.29, 1.82) is 0 Å². The molecule has 1 fully saturated rings. The van der Waals surface area contributed by atoms with E-state index in [1.165, 1.54) is 24.2 Å². The van der Waals surface area contributed by atoms with Gasteiger partial charge in [0.05, 0.1) is 17.8 Å². The van der Waals surface area contributed by atoms with Crippen molar-refractivity contribution in [2.45, 2.75) is 44.2 Å². The predicted octanol–water partition coefficient (Wildman–Crippen LogP) is 2.74. The van der Waals surface area contributed by atoms with Crippen molar-refractivity contribution < 1.29 is 4.79 Å². The van der Waals surface area contributed by atoms with Crippen LogP contribution in [0.25, 0.3) is 10.7 Å². The fourth-order valence-corrected chi connectivity index (χ4v) is 4.11. The molecule has 6 heteroatoms. The van der Waals surface area contributed by atoms with Crippen molar-refractivity contribution in [3.05, 3.63) is 35.5 Å². The SMILES string of the molecule is CN(C)[C@@H]1CCCC[C@@H]1NC(=O)Cc1csc(-c2ccccn2)n1. The van der Waals surface area contributed by atoms with Crippen LogP contribution in [0.1, 0.15) is 31.4 Å². The normalized spacial score (nSPS) is 21.0. The number of nitrogens with zero attached hydrogens (tertiary/aromatic N) is 3. The van der Waals surface area contributed by atoms with Gasteiger partial charge < -0.3 is 10.2 Å². The summed E-state index contributed by atoms with van der Waals surface area (Å²) in [5, 5.41) is 6.03. The molecule has 0 aromatic carbocycles. The predicted molar refractivity (Wildman–Crippen MR) is 96.9 cm³/mol. The van der Waals surface area contributed by atoms with Gasteiger partial charge in [0.1, 0.15) is 5.01 Å². The summed E-state index contributed by atoms with van der Waals surface area (Å²) in [5.74, 6) is 0.0617. The van der Waals surface area contributed by atoms with E-state index < -0.39 is 0 Å². The molecule has 1 aliphatic rings. The van der Waals surface area contributed by atoms with Crippen LogP contribution in [0.3, 0.4) is 0 Å². The standard InChI is InChI=1S/C18H24N4OS/c1-22(2)16-9-4-3-7-14(16)21-17(23)11-13-12-24-18(20-13)15-8-5-6-10-19-15/h5-6,8,10,12,14,16H,3-4,7,9,11H2,1-2H3,(H,21,23)/t14-,16+/m0/s1. The van der Waals surface area contributed by atoms with E-state index in [0.29, 0.717) is 12.5 Å². The summed E-state index contributed by atoms with van der Waals surface area (Å²) in [6, 6.07) is 6.45. The minimum atomic E-state index is 0.0617. The summed E-state index contributed by atoms with van der Waals surface area (Å²) in [7, 11) is 4.18. The number of carbonyl (C=O) groups is 1. The highest BCUT2D eigenvalue weighted by Crippen LogP contribution is 2.23. The molecule has 0 unspecified atom stereocenters. The van der Waals surface area contributed by atoms with Crippen molar-refractivity contribution >= 4 is 17.2 Å². The number of nitrogens with one attached hydrogen (secondary N) is 1. The van der Waals surface area contributed by atoms with Crippen LogP contribution in [0, 0.1) is 0 Å². The van der Waals surface area contributed by atoms with Gasteiger partial charge in [0.2, 0.25) is 5.91 Å². The van der Waals surface area contributed by atoms with E-state index in [0.717, 1.165) is 29.2 Å². The lowest BCUT2D eigenvalue weighted by atomic mass is 9.89. The van der Waals surface area contributed by atoms with Crippen molar-refractivity contribution in [2.75, 3.05) is 14.1 Å². The van der Waals surface area contributed by atoms with Crippen molar-refractivity contribution in [3.63, 3.8) is 0 Å².